The predicted molar refractivity (Wildman–Crippen MR) is 81.0 cm³/mol. The zero-order chi connectivity index (χ0) is 14.6. The Hall–Kier alpha value is -0.940. The molecule has 112 valence electrons. The van der Waals surface area contributed by atoms with Crippen molar-refractivity contribution >= 4 is 10.0 Å². The Morgan fingerprint density at radius 3 is 2.85 bits per heavy atom. The highest BCUT2D eigenvalue weighted by atomic mass is 32.2. The van der Waals surface area contributed by atoms with E-state index in [1.807, 2.05) is 25.1 Å². The second-order valence-corrected chi connectivity index (χ2v) is 7.54. The quantitative estimate of drug-likeness (QED) is 0.758. The highest BCUT2D eigenvalue weighted by Gasteiger charge is 2.35. The Morgan fingerprint density at radius 1 is 1.35 bits per heavy atom. The third-order valence-electron chi connectivity index (χ3n) is 3.82. The van der Waals surface area contributed by atoms with Crippen LogP contribution in [0.5, 0.6) is 0 Å². The smallest absolute Gasteiger partial charge is 0.214 e. The third-order valence-corrected chi connectivity index (χ3v) is 5.77. The number of rotatable bonds is 6. The predicted octanol–water partition coefficient (Wildman–Crippen LogP) is 3.05. The molecule has 0 aliphatic carbocycles. The zero-order valence-corrected chi connectivity index (χ0v) is 13.2. The van der Waals surface area contributed by atoms with E-state index in [-0.39, 0.29) is 11.8 Å². The summed E-state index contributed by atoms with van der Waals surface area (Å²) >= 11 is 0. The summed E-state index contributed by atoms with van der Waals surface area (Å²) in [6.07, 6.45) is 4.57. The van der Waals surface area contributed by atoms with E-state index >= 15 is 0 Å². The molecule has 2 rings (SSSR count). The number of sulfonamides is 1. The van der Waals surface area contributed by atoms with Crippen molar-refractivity contribution in [3.8, 4) is 0 Å². The van der Waals surface area contributed by atoms with Crippen LogP contribution in [0.15, 0.2) is 18.2 Å². The van der Waals surface area contributed by atoms with Gasteiger partial charge in [0.1, 0.15) is 0 Å². The summed E-state index contributed by atoms with van der Waals surface area (Å²) in [6.45, 7) is 4.66. The average Bonchev–Trinajstić information content (AvgIpc) is 2.89. The number of nitrogens with zero attached hydrogens (tertiary/aromatic N) is 2. The fourth-order valence-electron chi connectivity index (χ4n) is 2.77. The standard InChI is InChI=1S/C15H24N2O2S/c1-3-4-5-12-20(18,19)17-11-7-10-15(17)14-9-6-8-13(2)16-14/h6,8-9,15H,3-5,7,10-12H2,1-2H3. The van der Waals surface area contributed by atoms with Gasteiger partial charge in [-0.15, -0.1) is 0 Å². The van der Waals surface area contributed by atoms with E-state index in [9.17, 15) is 8.42 Å². The fraction of sp³-hybridized carbons (Fsp3) is 0.667. The van der Waals surface area contributed by atoms with Crippen LogP contribution in [0.3, 0.4) is 0 Å². The maximum atomic E-state index is 12.5. The molecule has 4 nitrogen and oxygen atoms in total. The lowest BCUT2D eigenvalue weighted by atomic mass is 10.1. The van der Waals surface area contributed by atoms with Crippen molar-refractivity contribution in [2.24, 2.45) is 0 Å². The van der Waals surface area contributed by atoms with Crippen LogP contribution in [0.4, 0.5) is 0 Å². The normalized spacial score (nSPS) is 20.4. The summed E-state index contributed by atoms with van der Waals surface area (Å²) in [7, 11) is -3.15. The SMILES string of the molecule is CCCCCS(=O)(=O)N1CCCC1c1cccc(C)n1. The van der Waals surface area contributed by atoms with Crippen molar-refractivity contribution in [3.63, 3.8) is 0 Å². The second kappa shape index (κ2) is 6.68. The number of pyridine rings is 1. The van der Waals surface area contributed by atoms with Crippen LogP contribution < -0.4 is 0 Å². The number of hydrogen-bond acceptors (Lipinski definition) is 3. The second-order valence-electron chi connectivity index (χ2n) is 5.50. The van der Waals surface area contributed by atoms with Crippen LogP contribution in [0, 0.1) is 6.92 Å². The Balaban J connectivity index is 2.14. The van der Waals surface area contributed by atoms with E-state index in [0.717, 1.165) is 43.5 Å². The van der Waals surface area contributed by atoms with Crippen LogP contribution in [-0.2, 0) is 10.0 Å². The molecule has 20 heavy (non-hydrogen) atoms. The molecule has 0 N–H and O–H groups in total. The van der Waals surface area contributed by atoms with Gasteiger partial charge in [-0.3, -0.25) is 4.98 Å². The molecule has 2 heterocycles. The van der Waals surface area contributed by atoms with Gasteiger partial charge in [-0.05, 0) is 38.3 Å². The van der Waals surface area contributed by atoms with Gasteiger partial charge in [-0.2, -0.15) is 4.31 Å². The molecule has 1 aliphatic rings. The molecule has 0 saturated carbocycles. The van der Waals surface area contributed by atoms with Crippen molar-refractivity contribution in [2.45, 2.75) is 52.0 Å². The van der Waals surface area contributed by atoms with Gasteiger partial charge in [0.15, 0.2) is 0 Å². The van der Waals surface area contributed by atoms with Gasteiger partial charge in [0.2, 0.25) is 10.0 Å². The van der Waals surface area contributed by atoms with Crippen LogP contribution in [0.1, 0.15) is 56.5 Å². The molecule has 1 aromatic rings. The topological polar surface area (TPSA) is 50.3 Å². The zero-order valence-electron chi connectivity index (χ0n) is 12.4. The Bertz CT molecular complexity index is 543. The van der Waals surface area contributed by atoms with E-state index in [4.69, 9.17) is 0 Å². The van der Waals surface area contributed by atoms with Gasteiger partial charge >= 0.3 is 0 Å². The molecular formula is C15H24N2O2S. The molecule has 1 fully saturated rings. The van der Waals surface area contributed by atoms with Crippen molar-refractivity contribution in [2.75, 3.05) is 12.3 Å². The van der Waals surface area contributed by atoms with E-state index in [2.05, 4.69) is 11.9 Å². The largest absolute Gasteiger partial charge is 0.256 e. The third kappa shape index (κ3) is 3.58. The first kappa shape index (κ1) is 15.4. The van der Waals surface area contributed by atoms with Crippen molar-refractivity contribution < 1.29 is 8.42 Å². The number of aromatic nitrogens is 1. The van der Waals surface area contributed by atoms with Crippen molar-refractivity contribution in [1.29, 1.82) is 0 Å². The molecular weight excluding hydrogens is 272 g/mol. The number of aryl methyl sites for hydroxylation is 1. The van der Waals surface area contributed by atoms with Gasteiger partial charge in [-0.1, -0.05) is 25.8 Å². The molecule has 0 spiro atoms. The first-order valence-corrected chi connectivity index (χ1v) is 9.08. The highest BCUT2D eigenvalue weighted by molar-refractivity contribution is 7.89. The average molecular weight is 296 g/mol. The lowest BCUT2D eigenvalue weighted by Crippen LogP contribution is -2.33. The van der Waals surface area contributed by atoms with E-state index in [1.54, 1.807) is 4.31 Å². The molecule has 1 aliphatic heterocycles. The molecule has 1 atom stereocenters. The molecule has 5 heteroatoms. The molecule has 0 aromatic carbocycles. The molecule has 1 aromatic heterocycles. The molecule has 1 unspecified atom stereocenters. The summed E-state index contributed by atoms with van der Waals surface area (Å²) in [6, 6.07) is 5.77. The lowest BCUT2D eigenvalue weighted by Gasteiger charge is -2.23. The van der Waals surface area contributed by atoms with Crippen LogP contribution in [0.25, 0.3) is 0 Å². The van der Waals surface area contributed by atoms with Crippen LogP contribution >= 0.6 is 0 Å². The number of hydrogen-bond donors (Lipinski definition) is 0. The maximum Gasteiger partial charge on any atom is 0.214 e. The van der Waals surface area contributed by atoms with Crippen molar-refractivity contribution in [1.82, 2.24) is 9.29 Å². The molecule has 0 amide bonds. The van der Waals surface area contributed by atoms with Crippen LogP contribution in [-0.4, -0.2) is 30.0 Å². The first-order valence-electron chi connectivity index (χ1n) is 7.47. The molecule has 0 bridgehead atoms. The Morgan fingerprint density at radius 2 is 2.15 bits per heavy atom. The van der Waals surface area contributed by atoms with Crippen molar-refractivity contribution in [3.05, 3.63) is 29.6 Å². The van der Waals surface area contributed by atoms with Crippen LogP contribution in [0.2, 0.25) is 0 Å². The minimum absolute atomic E-state index is 0.0680. The first-order chi connectivity index (χ1) is 9.54. The minimum Gasteiger partial charge on any atom is -0.256 e. The Labute approximate surface area is 122 Å². The van der Waals surface area contributed by atoms with E-state index in [0.29, 0.717) is 6.54 Å². The summed E-state index contributed by atoms with van der Waals surface area (Å²) in [5, 5.41) is 0. The van der Waals surface area contributed by atoms with Gasteiger partial charge < -0.3 is 0 Å². The summed E-state index contributed by atoms with van der Waals surface area (Å²) < 4.78 is 26.6. The molecule has 1 saturated heterocycles. The summed E-state index contributed by atoms with van der Waals surface area (Å²) in [5.74, 6) is 0.267. The van der Waals surface area contributed by atoms with E-state index in [1.165, 1.54) is 0 Å². The molecule has 0 radical (unpaired) electrons. The number of unbranched alkanes of at least 4 members (excludes halogenated alkanes) is 2. The van der Waals surface area contributed by atoms with E-state index < -0.39 is 10.0 Å². The van der Waals surface area contributed by atoms with Gasteiger partial charge in [0, 0.05) is 12.2 Å². The summed E-state index contributed by atoms with van der Waals surface area (Å²) in [5.41, 5.74) is 1.83. The van der Waals surface area contributed by atoms with Gasteiger partial charge in [-0.25, -0.2) is 8.42 Å². The van der Waals surface area contributed by atoms with Gasteiger partial charge in [0.05, 0.1) is 17.5 Å². The maximum absolute atomic E-state index is 12.5. The monoisotopic (exact) mass is 296 g/mol. The van der Waals surface area contributed by atoms with Gasteiger partial charge in [0.25, 0.3) is 0 Å². The fourth-order valence-corrected chi connectivity index (χ4v) is 4.58. The highest BCUT2D eigenvalue weighted by Crippen LogP contribution is 2.33. The summed E-state index contributed by atoms with van der Waals surface area (Å²) in [4.78, 5) is 4.51. The Kier molecular flexibility index (Phi) is 5.16. The lowest BCUT2D eigenvalue weighted by molar-refractivity contribution is 0.389. The minimum atomic E-state index is -3.15.